The molecule has 0 aliphatic carbocycles. The Morgan fingerprint density at radius 2 is 2.06 bits per heavy atom. The third-order valence-electron chi connectivity index (χ3n) is 2.30. The third kappa shape index (κ3) is 3.87. The summed E-state index contributed by atoms with van der Waals surface area (Å²) in [6.45, 7) is 1.94. The summed E-state index contributed by atoms with van der Waals surface area (Å²) in [7, 11) is 1.64. The number of hydrogen-bond acceptors (Lipinski definition) is 4. The average Bonchev–Trinajstić information content (AvgIpc) is 2.30. The molecule has 0 spiro atoms. The van der Waals surface area contributed by atoms with Gasteiger partial charge in [0.2, 0.25) is 0 Å². The van der Waals surface area contributed by atoms with Crippen LogP contribution in [0.1, 0.15) is 18.5 Å². The van der Waals surface area contributed by atoms with Crippen molar-refractivity contribution in [3.63, 3.8) is 0 Å². The molecule has 0 aliphatic rings. The predicted octanol–water partition coefficient (Wildman–Crippen LogP) is 1.84. The maximum absolute atomic E-state index is 10.9. The number of thiol groups is 1. The highest BCUT2D eigenvalue weighted by molar-refractivity contribution is 7.80. The first-order valence-electron chi connectivity index (χ1n) is 5.15. The number of nitrogens with one attached hydrogen (secondary N) is 1. The van der Waals surface area contributed by atoms with Crippen molar-refractivity contribution in [3.8, 4) is 5.75 Å². The van der Waals surface area contributed by atoms with Crippen LogP contribution in [0, 0.1) is 0 Å². The molecule has 1 N–H and O–H groups in total. The average molecular weight is 239 g/mol. The van der Waals surface area contributed by atoms with Crippen molar-refractivity contribution in [2.45, 2.75) is 13.0 Å². The van der Waals surface area contributed by atoms with E-state index in [0.29, 0.717) is 12.3 Å². The maximum Gasteiger partial charge on any atom is 0.143 e. The standard InChI is InChI=1S/C12H17NO2S/c1-9(14)7-13-12(8-16)10-3-5-11(15-2)6-4-10/h3-6,12-13,16H,7-8H2,1-2H3. The maximum atomic E-state index is 10.9. The molecular weight excluding hydrogens is 222 g/mol. The Morgan fingerprint density at radius 1 is 1.44 bits per heavy atom. The van der Waals surface area contributed by atoms with E-state index in [1.807, 2.05) is 24.3 Å². The minimum atomic E-state index is 0.0955. The second-order valence-electron chi connectivity index (χ2n) is 3.59. The van der Waals surface area contributed by atoms with E-state index in [1.165, 1.54) is 0 Å². The number of rotatable bonds is 6. The SMILES string of the molecule is COc1ccc(C(CS)NCC(C)=O)cc1. The van der Waals surface area contributed by atoms with E-state index in [0.717, 1.165) is 11.3 Å². The molecule has 1 aromatic carbocycles. The molecule has 16 heavy (non-hydrogen) atoms. The Kier molecular flexibility index (Phi) is 5.35. The number of Topliss-reactive ketones (excluding diaryl/α,β-unsaturated/α-hetero) is 1. The number of ether oxygens (including phenoxy) is 1. The Balaban J connectivity index is 2.66. The van der Waals surface area contributed by atoms with Crippen molar-refractivity contribution in [2.24, 2.45) is 0 Å². The first-order valence-corrected chi connectivity index (χ1v) is 5.78. The highest BCUT2D eigenvalue weighted by Gasteiger charge is 2.09. The van der Waals surface area contributed by atoms with Gasteiger partial charge in [-0.2, -0.15) is 12.6 Å². The van der Waals surface area contributed by atoms with E-state index in [9.17, 15) is 4.79 Å². The molecule has 1 rings (SSSR count). The van der Waals surface area contributed by atoms with Crippen molar-refractivity contribution in [3.05, 3.63) is 29.8 Å². The number of ketones is 1. The van der Waals surface area contributed by atoms with Gasteiger partial charge in [0.15, 0.2) is 0 Å². The van der Waals surface area contributed by atoms with Crippen molar-refractivity contribution in [1.82, 2.24) is 5.32 Å². The van der Waals surface area contributed by atoms with Crippen molar-refractivity contribution in [1.29, 1.82) is 0 Å². The Labute approximate surface area is 102 Å². The molecule has 0 heterocycles. The molecule has 0 saturated carbocycles. The van der Waals surface area contributed by atoms with Gasteiger partial charge >= 0.3 is 0 Å². The minimum Gasteiger partial charge on any atom is -0.497 e. The smallest absolute Gasteiger partial charge is 0.143 e. The van der Waals surface area contributed by atoms with Crippen LogP contribution < -0.4 is 10.1 Å². The Morgan fingerprint density at radius 3 is 2.50 bits per heavy atom. The normalized spacial score (nSPS) is 12.2. The molecule has 1 atom stereocenters. The predicted molar refractivity (Wildman–Crippen MR) is 68.3 cm³/mol. The molecule has 3 nitrogen and oxygen atoms in total. The van der Waals surface area contributed by atoms with Crippen LogP contribution in [0.5, 0.6) is 5.75 Å². The van der Waals surface area contributed by atoms with Gasteiger partial charge in [-0.05, 0) is 24.6 Å². The van der Waals surface area contributed by atoms with Gasteiger partial charge in [-0.15, -0.1) is 0 Å². The lowest BCUT2D eigenvalue weighted by molar-refractivity contribution is -0.116. The molecule has 0 aromatic heterocycles. The summed E-state index contributed by atoms with van der Waals surface area (Å²) in [5.74, 6) is 1.60. The monoisotopic (exact) mass is 239 g/mol. The molecule has 4 heteroatoms. The molecule has 0 amide bonds. The van der Waals surface area contributed by atoms with Crippen molar-refractivity contribution < 1.29 is 9.53 Å². The summed E-state index contributed by atoms with van der Waals surface area (Å²) in [4.78, 5) is 10.9. The van der Waals surface area contributed by atoms with Gasteiger partial charge in [-0.3, -0.25) is 4.79 Å². The third-order valence-corrected chi connectivity index (χ3v) is 2.66. The molecule has 0 fully saturated rings. The van der Waals surface area contributed by atoms with E-state index < -0.39 is 0 Å². The van der Waals surface area contributed by atoms with Gasteiger partial charge in [0.25, 0.3) is 0 Å². The van der Waals surface area contributed by atoms with E-state index in [2.05, 4.69) is 17.9 Å². The highest BCUT2D eigenvalue weighted by atomic mass is 32.1. The van der Waals surface area contributed by atoms with Gasteiger partial charge in [0.1, 0.15) is 11.5 Å². The number of carbonyl (C=O) groups excluding carboxylic acids is 1. The van der Waals surface area contributed by atoms with Crippen LogP contribution >= 0.6 is 12.6 Å². The molecule has 1 aromatic rings. The van der Waals surface area contributed by atoms with Crippen LogP contribution in [-0.4, -0.2) is 25.2 Å². The van der Waals surface area contributed by atoms with Crippen LogP contribution in [0.4, 0.5) is 0 Å². The van der Waals surface area contributed by atoms with E-state index in [1.54, 1.807) is 14.0 Å². The van der Waals surface area contributed by atoms with E-state index in [-0.39, 0.29) is 11.8 Å². The fourth-order valence-corrected chi connectivity index (χ4v) is 1.73. The molecule has 1 unspecified atom stereocenters. The molecule has 0 saturated heterocycles. The van der Waals surface area contributed by atoms with Crippen LogP contribution in [0.3, 0.4) is 0 Å². The van der Waals surface area contributed by atoms with Gasteiger partial charge in [-0.25, -0.2) is 0 Å². The zero-order valence-electron chi connectivity index (χ0n) is 9.56. The quantitative estimate of drug-likeness (QED) is 0.744. The first-order chi connectivity index (χ1) is 7.67. The largest absolute Gasteiger partial charge is 0.497 e. The fraction of sp³-hybridized carbons (Fsp3) is 0.417. The second kappa shape index (κ2) is 6.55. The molecule has 88 valence electrons. The number of methoxy groups -OCH3 is 1. The fourth-order valence-electron chi connectivity index (χ4n) is 1.39. The summed E-state index contributed by atoms with van der Waals surface area (Å²) >= 11 is 4.27. The summed E-state index contributed by atoms with van der Waals surface area (Å²) in [5, 5.41) is 3.16. The van der Waals surface area contributed by atoms with E-state index in [4.69, 9.17) is 4.74 Å². The van der Waals surface area contributed by atoms with Gasteiger partial charge < -0.3 is 10.1 Å². The van der Waals surface area contributed by atoms with Crippen LogP contribution in [0.15, 0.2) is 24.3 Å². The van der Waals surface area contributed by atoms with Crippen LogP contribution in [0.25, 0.3) is 0 Å². The lowest BCUT2D eigenvalue weighted by Crippen LogP contribution is -2.27. The van der Waals surface area contributed by atoms with Gasteiger partial charge in [0.05, 0.1) is 13.7 Å². The molecule has 0 bridgehead atoms. The minimum absolute atomic E-state index is 0.0955. The lowest BCUT2D eigenvalue weighted by Gasteiger charge is -2.16. The Bertz CT molecular complexity index is 337. The van der Waals surface area contributed by atoms with Gasteiger partial charge in [-0.1, -0.05) is 12.1 Å². The van der Waals surface area contributed by atoms with Gasteiger partial charge in [0, 0.05) is 11.8 Å². The van der Waals surface area contributed by atoms with Crippen LogP contribution in [0.2, 0.25) is 0 Å². The molecule has 0 aliphatic heterocycles. The Hall–Kier alpha value is -1.00. The van der Waals surface area contributed by atoms with Crippen molar-refractivity contribution in [2.75, 3.05) is 19.4 Å². The lowest BCUT2D eigenvalue weighted by atomic mass is 10.1. The zero-order chi connectivity index (χ0) is 12.0. The first kappa shape index (κ1) is 13.1. The molecular formula is C12H17NO2S. The summed E-state index contributed by atoms with van der Waals surface area (Å²) in [6.07, 6.45) is 0. The summed E-state index contributed by atoms with van der Waals surface area (Å²) < 4.78 is 5.09. The number of hydrogen-bond donors (Lipinski definition) is 2. The van der Waals surface area contributed by atoms with E-state index >= 15 is 0 Å². The number of carbonyl (C=O) groups is 1. The number of benzene rings is 1. The van der Waals surface area contributed by atoms with Crippen LogP contribution in [-0.2, 0) is 4.79 Å². The highest BCUT2D eigenvalue weighted by Crippen LogP contribution is 2.18. The summed E-state index contributed by atoms with van der Waals surface area (Å²) in [6, 6.07) is 7.86. The molecule has 0 radical (unpaired) electrons. The second-order valence-corrected chi connectivity index (χ2v) is 3.96. The summed E-state index contributed by atoms with van der Waals surface area (Å²) in [5.41, 5.74) is 1.11. The zero-order valence-corrected chi connectivity index (χ0v) is 10.5. The topological polar surface area (TPSA) is 38.3 Å². The van der Waals surface area contributed by atoms with Crippen molar-refractivity contribution >= 4 is 18.4 Å².